The molecule has 0 heterocycles. The second-order valence-corrected chi connectivity index (χ2v) is 5.18. The fraction of sp³-hybridized carbons (Fsp3) is 0.900. The Hall–Kier alpha value is -0.580. The smallest absolute Gasteiger partial charge is 0.197 e. The predicted molar refractivity (Wildman–Crippen MR) is 57.0 cm³/mol. The molecule has 2 unspecified atom stereocenters. The largest absolute Gasteiger partial charge is 0.391 e. The van der Waals surface area contributed by atoms with Gasteiger partial charge < -0.3 is 0 Å². The summed E-state index contributed by atoms with van der Waals surface area (Å²) < 4.78 is 72.0. The van der Waals surface area contributed by atoms with E-state index in [2.05, 4.69) is 0 Å². The predicted octanol–water partition coefficient (Wildman–Crippen LogP) is 4.54. The number of nitriles is 1. The van der Waals surface area contributed by atoms with Crippen LogP contribution in [-0.4, -0.2) is 23.4 Å². The van der Waals surface area contributed by atoms with Crippen LogP contribution < -0.4 is 0 Å². The van der Waals surface area contributed by atoms with Crippen molar-refractivity contribution in [2.45, 2.75) is 43.8 Å². The molecule has 0 N–H and O–H groups in total. The quantitative estimate of drug-likeness (QED) is 0.671. The maximum Gasteiger partial charge on any atom is 0.391 e. The number of nitrogens with zero attached hydrogens (tertiary/aromatic N) is 1. The van der Waals surface area contributed by atoms with Gasteiger partial charge in [-0.25, -0.2) is 0 Å². The Kier molecular flexibility index (Phi) is 6.89. The summed E-state index contributed by atoms with van der Waals surface area (Å²) in [4.78, 5) is 0. The lowest BCUT2D eigenvalue weighted by molar-refractivity contribution is -0.171. The van der Waals surface area contributed by atoms with Crippen molar-refractivity contribution < 1.29 is 26.3 Å². The van der Waals surface area contributed by atoms with Gasteiger partial charge in [0.05, 0.1) is 23.7 Å². The average Bonchev–Trinajstić information content (AvgIpc) is 2.19. The lowest BCUT2D eigenvalue weighted by Gasteiger charge is -2.17. The van der Waals surface area contributed by atoms with Gasteiger partial charge in [0.15, 0.2) is 0 Å². The molecule has 0 aliphatic carbocycles. The van der Waals surface area contributed by atoms with E-state index in [-0.39, 0.29) is 18.6 Å². The molecule has 18 heavy (non-hydrogen) atoms. The van der Waals surface area contributed by atoms with Gasteiger partial charge in [0, 0.05) is 5.75 Å². The first kappa shape index (κ1) is 17.4. The second kappa shape index (κ2) is 7.12. The fourth-order valence-corrected chi connectivity index (χ4v) is 2.08. The minimum Gasteiger partial charge on any atom is -0.197 e. The van der Waals surface area contributed by atoms with Gasteiger partial charge in [-0.15, -0.1) is 11.8 Å². The molecule has 0 aromatic rings. The number of rotatable bonds is 6. The van der Waals surface area contributed by atoms with Crippen molar-refractivity contribution in [1.82, 2.24) is 0 Å². The maximum absolute atomic E-state index is 12.2. The Balaban J connectivity index is 3.96. The molecule has 0 saturated heterocycles. The van der Waals surface area contributed by atoms with Gasteiger partial charge in [-0.2, -0.15) is 31.6 Å². The van der Waals surface area contributed by atoms with Crippen molar-refractivity contribution in [3.8, 4) is 6.07 Å². The standard InChI is InChI=1S/C10H13F6NS/c1-7(10(14,15)16)2-3-8(6-17)18-5-4-9(11,12)13/h7-8H,2-5H2,1H3. The molecule has 0 aliphatic heterocycles. The summed E-state index contributed by atoms with van der Waals surface area (Å²) in [6.07, 6.45) is -9.96. The topological polar surface area (TPSA) is 23.8 Å². The fourth-order valence-electron chi connectivity index (χ4n) is 1.07. The molecule has 8 heteroatoms. The van der Waals surface area contributed by atoms with Crippen molar-refractivity contribution >= 4 is 11.8 Å². The summed E-state index contributed by atoms with van der Waals surface area (Å²) in [5.41, 5.74) is 0. The first-order chi connectivity index (χ1) is 8.06. The summed E-state index contributed by atoms with van der Waals surface area (Å²) in [7, 11) is 0. The second-order valence-electron chi connectivity index (χ2n) is 3.87. The van der Waals surface area contributed by atoms with E-state index < -0.39 is 29.9 Å². The Bertz CT molecular complexity index is 280. The van der Waals surface area contributed by atoms with Crippen molar-refractivity contribution in [2.24, 2.45) is 5.92 Å². The Morgan fingerprint density at radius 1 is 1.11 bits per heavy atom. The molecular weight excluding hydrogens is 280 g/mol. The van der Waals surface area contributed by atoms with Gasteiger partial charge in [-0.3, -0.25) is 0 Å². The molecule has 0 fully saturated rings. The lowest BCUT2D eigenvalue weighted by Crippen LogP contribution is -2.21. The van der Waals surface area contributed by atoms with Crippen LogP contribution in [-0.2, 0) is 0 Å². The van der Waals surface area contributed by atoms with E-state index in [0.29, 0.717) is 0 Å². The van der Waals surface area contributed by atoms with Crippen molar-refractivity contribution in [3.05, 3.63) is 0 Å². The van der Waals surface area contributed by atoms with Gasteiger partial charge >= 0.3 is 12.4 Å². The van der Waals surface area contributed by atoms with Crippen LogP contribution in [0.3, 0.4) is 0 Å². The first-order valence-electron chi connectivity index (χ1n) is 5.21. The Morgan fingerprint density at radius 3 is 2.06 bits per heavy atom. The minimum atomic E-state index is -4.32. The van der Waals surface area contributed by atoms with Gasteiger partial charge in [-0.1, -0.05) is 6.92 Å². The minimum absolute atomic E-state index is 0.0559. The van der Waals surface area contributed by atoms with Crippen LogP contribution >= 0.6 is 11.8 Å². The lowest BCUT2D eigenvalue weighted by atomic mass is 10.0. The van der Waals surface area contributed by atoms with E-state index in [4.69, 9.17) is 5.26 Å². The normalized spacial score (nSPS) is 16.1. The highest BCUT2D eigenvalue weighted by molar-refractivity contribution is 8.00. The molecule has 0 bridgehead atoms. The number of hydrogen-bond donors (Lipinski definition) is 0. The first-order valence-corrected chi connectivity index (χ1v) is 6.26. The Morgan fingerprint density at radius 2 is 1.67 bits per heavy atom. The van der Waals surface area contributed by atoms with E-state index in [1.54, 1.807) is 6.07 Å². The molecule has 0 aromatic heterocycles. The van der Waals surface area contributed by atoms with E-state index in [0.717, 1.165) is 18.7 Å². The zero-order valence-electron chi connectivity index (χ0n) is 9.61. The number of halogens is 6. The SMILES string of the molecule is CC(CCC(C#N)SCCC(F)(F)F)C(F)(F)F. The molecule has 0 rings (SSSR count). The number of hydrogen-bond acceptors (Lipinski definition) is 2. The summed E-state index contributed by atoms with van der Waals surface area (Å²) in [5, 5.41) is 7.82. The van der Waals surface area contributed by atoms with E-state index in [1.165, 1.54) is 0 Å². The molecular formula is C10H13F6NS. The van der Waals surface area contributed by atoms with Gasteiger partial charge in [-0.05, 0) is 12.8 Å². The monoisotopic (exact) mass is 293 g/mol. The van der Waals surface area contributed by atoms with E-state index in [1.807, 2.05) is 0 Å². The summed E-state index contributed by atoms with van der Waals surface area (Å²) >= 11 is 0.753. The van der Waals surface area contributed by atoms with Gasteiger partial charge in [0.25, 0.3) is 0 Å². The highest BCUT2D eigenvalue weighted by atomic mass is 32.2. The highest BCUT2D eigenvalue weighted by Gasteiger charge is 2.35. The van der Waals surface area contributed by atoms with Crippen molar-refractivity contribution in [2.75, 3.05) is 5.75 Å². The Labute approximate surface area is 106 Å². The van der Waals surface area contributed by atoms with Gasteiger partial charge in [0.2, 0.25) is 0 Å². The van der Waals surface area contributed by atoms with Crippen LogP contribution in [0.5, 0.6) is 0 Å². The summed E-state index contributed by atoms with van der Waals surface area (Å²) in [6, 6.07) is 1.72. The molecule has 2 atom stereocenters. The molecule has 0 spiro atoms. The molecule has 1 nitrogen and oxygen atoms in total. The van der Waals surface area contributed by atoms with Gasteiger partial charge in [0.1, 0.15) is 0 Å². The van der Waals surface area contributed by atoms with Crippen LogP contribution in [0, 0.1) is 17.2 Å². The molecule has 0 aromatic carbocycles. The molecule has 0 radical (unpaired) electrons. The van der Waals surface area contributed by atoms with Crippen LogP contribution in [0.2, 0.25) is 0 Å². The third-order valence-electron chi connectivity index (χ3n) is 2.27. The van der Waals surface area contributed by atoms with Crippen molar-refractivity contribution in [1.29, 1.82) is 5.26 Å². The summed E-state index contributed by atoms with van der Waals surface area (Å²) in [5.74, 6) is -1.85. The van der Waals surface area contributed by atoms with E-state index >= 15 is 0 Å². The number of thioether (sulfide) groups is 1. The molecule has 106 valence electrons. The van der Waals surface area contributed by atoms with Crippen LogP contribution in [0.4, 0.5) is 26.3 Å². The molecule has 0 amide bonds. The zero-order valence-corrected chi connectivity index (χ0v) is 10.4. The summed E-state index contributed by atoms with van der Waals surface area (Å²) in [6.45, 7) is 0.995. The zero-order chi connectivity index (χ0) is 14.4. The highest BCUT2D eigenvalue weighted by Crippen LogP contribution is 2.31. The number of alkyl halides is 6. The third-order valence-corrected chi connectivity index (χ3v) is 3.45. The van der Waals surface area contributed by atoms with Crippen LogP contribution in [0.15, 0.2) is 0 Å². The maximum atomic E-state index is 12.2. The van der Waals surface area contributed by atoms with Crippen LogP contribution in [0.1, 0.15) is 26.2 Å². The molecule has 0 aliphatic rings. The molecule has 0 saturated carbocycles. The van der Waals surface area contributed by atoms with E-state index in [9.17, 15) is 26.3 Å². The average molecular weight is 293 g/mol. The van der Waals surface area contributed by atoms with Crippen molar-refractivity contribution in [3.63, 3.8) is 0 Å². The third kappa shape index (κ3) is 8.50. The van der Waals surface area contributed by atoms with Crippen LogP contribution in [0.25, 0.3) is 0 Å².